The monoisotopic (exact) mass is 456 g/mol. The molecule has 0 unspecified atom stereocenters. The highest BCUT2D eigenvalue weighted by atomic mass is 32.1. The molecule has 1 saturated heterocycles. The lowest BCUT2D eigenvalue weighted by Crippen LogP contribution is -2.55. The fourth-order valence-corrected chi connectivity index (χ4v) is 5.34. The second-order valence-electron chi connectivity index (χ2n) is 10.1. The Morgan fingerprint density at radius 3 is 2.41 bits per heavy atom. The van der Waals surface area contributed by atoms with Gasteiger partial charge in [0.15, 0.2) is 0 Å². The van der Waals surface area contributed by atoms with Crippen molar-refractivity contribution in [2.45, 2.75) is 66.1 Å². The topological polar surface area (TPSA) is 74.3 Å². The number of hydrogen-bond acceptors (Lipinski definition) is 5. The summed E-state index contributed by atoms with van der Waals surface area (Å²) in [4.78, 5) is 33.8. The number of likely N-dealkylation sites (N-methyl/N-ethyl adjacent to an activating group) is 1. The van der Waals surface area contributed by atoms with E-state index in [-0.39, 0.29) is 29.3 Å². The molecule has 0 radical (unpaired) electrons. The van der Waals surface area contributed by atoms with Crippen molar-refractivity contribution in [1.82, 2.24) is 20.5 Å². The molecule has 1 aromatic carbocycles. The maximum Gasteiger partial charge on any atom is 0.243 e. The minimum Gasteiger partial charge on any atom is -0.348 e. The number of nitrogens with zero attached hydrogens (tertiary/aromatic N) is 2. The van der Waals surface area contributed by atoms with Crippen LogP contribution in [0.4, 0.5) is 0 Å². The highest BCUT2D eigenvalue weighted by Crippen LogP contribution is 2.30. The van der Waals surface area contributed by atoms with Crippen LogP contribution in [0.1, 0.15) is 58.3 Å². The van der Waals surface area contributed by atoms with E-state index in [2.05, 4.69) is 46.8 Å². The molecule has 2 amide bonds. The molecule has 2 aromatic rings. The van der Waals surface area contributed by atoms with E-state index in [0.717, 1.165) is 16.8 Å². The second-order valence-corrected chi connectivity index (χ2v) is 10.9. The standard InChI is InChI=1S/C25H36N4O2S/c1-15-12-20(29(13-15)24(31)22(26-7)25(4,5)6)23(30)28-16(2)18-8-10-19(11-9-18)21-17(3)27-14-32-21/h8-11,14-16,20,22,26H,12-13H2,1-7H3,(H,28,30)/t15-,16+,20+,22-/m1/s1. The molecular weight excluding hydrogens is 420 g/mol. The number of aromatic nitrogens is 1. The zero-order valence-electron chi connectivity index (χ0n) is 20.2. The minimum absolute atomic E-state index is 0.00133. The van der Waals surface area contributed by atoms with E-state index in [0.29, 0.717) is 18.9 Å². The number of carbonyl (C=O) groups excluding carboxylic acids is 2. The third kappa shape index (κ3) is 5.21. The maximum atomic E-state index is 13.3. The number of benzene rings is 1. The van der Waals surface area contributed by atoms with Gasteiger partial charge in [-0.15, -0.1) is 11.3 Å². The molecule has 174 valence electrons. The van der Waals surface area contributed by atoms with E-state index >= 15 is 0 Å². The first-order chi connectivity index (χ1) is 15.0. The Balaban J connectivity index is 1.70. The van der Waals surface area contributed by atoms with Crippen LogP contribution in [-0.2, 0) is 9.59 Å². The minimum atomic E-state index is -0.433. The number of aryl methyl sites for hydroxylation is 1. The van der Waals surface area contributed by atoms with Gasteiger partial charge in [0.2, 0.25) is 11.8 Å². The third-order valence-electron chi connectivity index (χ3n) is 6.27. The van der Waals surface area contributed by atoms with Crippen LogP contribution in [0.5, 0.6) is 0 Å². The molecule has 2 N–H and O–H groups in total. The third-order valence-corrected chi connectivity index (χ3v) is 7.25. The summed E-state index contributed by atoms with van der Waals surface area (Å²) in [5.41, 5.74) is 4.82. The van der Waals surface area contributed by atoms with Crippen molar-refractivity contribution >= 4 is 23.2 Å². The number of carbonyl (C=O) groups is 2. The summed E-state index contributed by atoms with van der Waals surface area (Å²) in [5, 5.41) is 6.30. The zero-order chi connectivity index (χ0) is 23.6. The normalized spacial score (nSPS) is 20.8. The molecule has 0 spiro atoms. The predicted molar refractivity (Wildman–Crippen MR) is 130 cm³/mol. The smallest absolute Gasteiger partial charge is 0.243 e. The molecule has 1 aliphatic heterocycles. The van der Waals surface area contributed by atoms with E-state index in [1.807, 2.05) is 47.2 Å². The van der Waals surface area contributed by atoms with Crippen molar-refractivity contribution < 1.29 is 9.59 Å². The highest BCUT2D eigenvalue weighted by Gasteiger charge is 2.42. The molecule has 0 bridgehead atoms. The summed E-state index contributed by atoms with van der Waals surface area (Å²) < 4.78 is 0. The lowest BCUT2D eigenvalue weighted by atomic mass is 9.86. The molecule has 4 atom stereocenters. The van der Waals surface area contributed by atoms with Gasteiger partial charge in [-0.25, -0.2) is 4.98 Å². The number of rotatable bonds is 6. The average Bonchev–Trinajstić information content (AvgIpc) is 3.33. The summed E-state index contributed by atoms with van der Waals surface area (Å²) in [6.45, 7) is 12.8. The van der Waals surface area contributed by atoms with Gasteiger partial charge in [-0.1, -0.05) is 52.0 Å². The fraction of sp³-hybridized carbons (Fsp3) is 0.560. The fourth-order valence-electron chi connectivity index (χ4n) is 4.53. The number of thiazole rings is 1. The molecule has 32 heavy (non-hydrogen) atoms. The van der Waals surface area contributed by atoms with Crippen LogP contribution >= 0.6 is 11.3 Å². The quantitative estimate of drug-likeness (QED) is 0.684. The number of likely N-dealkylation sites (tertiary alicyclic amines) is 1. The average molecular weight is 457 g/mol. The van der Waals surface area contributed by atoms with Crippen molar-refractivity contribution in [2.24, 2.45) is 11.3 Å². The van der Waals surface area contributed by atoms with Gasteiger partial charge in [0.05, 0.1) is 28.2 Å². The van der Waals surface area contributed by atoms with Gasteiger partial charge in [0.25, 0.3) is 0 Å². The number of hydrogen-bond donors (Lipinski definition) is 2. The number of amides is 2. The SMILES string of the molecule is CN[C@H](C(=O)N1C[C@H](C)C[C@H]1C(=O)N[C@@H](C)c1ccc(-c2scnc2C)cc1)C(C)(C)C. The molecule has 1 fully saturated rings. The van der Waals surface area contributed by atoms with Gasteiger partial charge in [0, 0.05) is 6.54 Å². The molecule has 1 aromatic heterocycles. The van der Waals surface area contributed by atoms with Crippen molar-refractivity contribution in [1.29, 1.82) is 0 Å². The van der Waals surface area contributed by atoms with Crippen molar-refractivity contribution in [3.63, 3.8) is 0 Å². The highest BCUT2D eigenvalue weighted by molar-refractivity contribution is 7.13. The molecule has 6 nitrogen and oxygen atoms in total. The van der Waals surface area contributed by atoms with E-state index in [9.17, 15) is 9.59 Å². The predicted octanol–water partition coefficient (Wildman–Crippen LogP) is 4.17. The molecule has 1 aliphatic rings. The Morgan fingerprint density at radius 1 is 1.22 bits per heavy atom. The summed E-state index contributed by atoms with van der Waals surface area (Å²) >= 11 is 1.63. The van der Waals surface area contributed by atoms with Crippen LogP contribution in [0.15, 0.2) is 29.8 Å². The first kappa shape index (κ1) is 24.4. The van der Waals surface area contributed by atoms with Crippen LogP contribution in [0.3, 0.4) is 0 Å². The lowest BCUT2D eigenvalue weighted by Gasteiger charge is -2.35. The first-order valence-electron chi connectivity index (χ1n) is 11.3. The Kier molecular flexibility index (Phi) is 7.40. The van der Waals surface area contributed by atoms with Crippen molar-refractivity contribution in [3.8, 4) is 10.4 Å². The van der Waals surface area contributed by atoms with Gasteiger partial charge in [-0.2, -0.15) is 0 Å². The Hall–Kier alpha value is -2.25. The Labute approximate surface area is 195 Å². The number of nitrogens with one attached hydrogen (secondary N) is 2. The molecule has 0 aliphatic carbocycles. The van der Waals surface area contributed by atoms with E-state index < -0.39 is 6.04 Å². The first-order valence-corrected chi connectivity index (χ1v) is 12.2. The van der Waals surface area contributed by atoms with Gasteiger partial charge in [-0.3, -0.25) is 9.59 Å². The maximum absolute atomic E-state index is 13.3. The van der Waals surface area contributed by atoms with Crippen LogP contribution in [-0.4, -0.2) is 47.4 Å². The van der Waals surface area contributed by atoms with Gasteiger partial charge < -0.3 is 15.5 Å². The molecule has 0 saturated carbocycles. The van der Waals surface area contributed by atoms with Crippen LogP contribution in [0.2, 0.25) is 0 Å². The largest absolute Gasteiger partial charge is 0.348 e. The summed E-state index contributed by atoms with van der Waals surface area (Å²) in [6, 6.07) is 7.35. The molecule has 7 heteroatoms. The van der Waals surface area contributed by atoms with E-state index in [4.69, 9.17) is 0 Å². The second kappa shape index (κ2) is 9.71. The van der Waals surface area contributed by atoms with Crippen LogP contribution in [0, 0.1) is 18.3 Å². The van der Waals surface area contributed by atoms with Crippen LogP contribution in [0.25, 0.3) is 10.4 Å². The van der Waals surface area contributed by atoms with Crippen molar-refractivity contribution in [3.05, 3.63) is 41.0 Å². The Morgan fingerprint density at radius 2 is 1.88 bits per heavy atom. The van der Waals surface area contributed by atoms with E-state index in [1.165, 1.54) is 4.88 Å². The Bertz CT molecular complexity index is 948. The summed E-state index contributed by atoms with van der Waals surface area (Å²) in [6.07, 6.45) is 0.689. The molecular formula is C25H36N4O2S. The molecule has 3 rings (SSSR count). The van der Waals surface area contributed by atoms with Crippen LogP contribution < -0.4 is 10.6 Å². The summed E-state index contributed by atoms with van der Waals surface area (Å²) in [7, 11) is 1.81. The lowest BCUT2D eigenvalue weighted by molar-refractivity contribution is -0.142. The molecule has 2 heterocycles. The van der Waals surface area contributed by atoms with E-state index in [1.54, 1.807) is 16.2 Å². The summed E-state index contributed by atoms with van der Waals surface area (Å²) in [5.74, 6) is 0.215. The van der Waals surface area contributed by atoms with Gasteiger partial charge in [0.1, 0.15) is 6.04 Å². The van der Waals surface area contributed by atoms with Gasteiger partial charge in [-0.05, 0) is 49.8 Å². The van der Waals surface area contributed by atoms with Gasteiger partial charge >= 0.3 is 0 Å². The van der Waals surface area contributed by atoms with Crippen molar-refractivity contribution in [2.75, 3.05) is 13.6 Å². The zero-order valence-corrected chi connectivity index (χ0v) is 21.0.